The Morgan fingerprint density at radius 2 is 2.04 bits per heavy atom. The van der Waals surface area contributed by atoms with Crippen LogP contribution >= 0.6 is 0 Å². The molecule has 1 atom stereocenters. The number of likely N-dealkylation sites (N-methyl/N-ethyl adjacent to an activating group) is 2. The summed E-state index contributed by atoms with van der Waals surface area (Å²) >= 11 is 0. The van der Waals surface area contributed by atoms with Gasteiger partial charge in [-0.15, -0.1) is 0 Å². The second-order valence-corrected chi connectivity index (χ2v) is 6.38. The molecular weight excluding hydrogens is 305 g/mol. The van der Waals surface area contributed by atoms with E-state index in [1.807, 2.05) is 12.1 Å². The van der Waals surface area contributed by atoms with Crippen molar-refractivity contribution < 1.29 is 4.39 Å². The van der Waals surface area contributed by atoms with Gasteiger partial charge in [0, 0.05) is 38.8 Å². The third-order valence-electron chi connectivity index (χ3n) is 4.43. The van der Waals surface area contributed by atoms with Crippen LogP contribution in [-0.2, 0) is 6.42 Å². The Balaban J connectivity index is 1.85. The maximum atomic E-state index is 13.6. The van der Waals surface area contributed by atoms with Crippen LogP contribution in [-0.4, -0.2) is 75.2 Å². The van der Waals surface area contributed by atoms with Gasteiger partial charge in [0.25, 0.3) is 0 Å². The number of aliphatic imine (C=N–C) groups is 1. The van der Waals surface area contributed by atoms with E-state index in [1.54, 1.807) is 6.07 Å². The molecular formula is C18H30FN5. The summed E-state index contributed by atoms with van der Waals surface area (Å²) in [7, 11) is 4.31. The van der Waals surface area contributed by atoms with Crippen LogP contribution in [0.1, 0.15) is 12.5 Å². The van der Waals surface area contributed by atoms with Crippen molar-refractivity contribution >= 4 is 5.96 Å². The molecule has 1 aromatic rings. The van der Waals surface area contributed by atoms with Crippen molar-refractivity contribution in [3.63, 3.8) is 0 Å². The zero-order valence-corrected chi connectivity index (χ0v) is 15.1. The van der Waals surface area contributed by atoms with Crippen molar-refractivity contribution in [2.45, 2.75) is 19.4 Å². The minimum absolute atomic E-state index is 0.145. The van der Waals surface area contributed by atoms with Crippen molar-refractivity contribution in [3.8, 4) is 0 Å². The summed E-state index contributed by atoms with van der Waals surface area (Å²) in [6.07, 6.45) is 0.642. The molecule has 1 saturated heterocycles. The zero-order chi connectivity index (χ0) is 17.4. The lowest BCUT2D eigenvalue weighted by molar-refractivity contribution is 0.119. The average Bonchev–Trinajstić information content (AvgIpc) is 2.57. The van der Waals surface area contributed by atoms with Crippen molar-refractivity contribution in [1.29, 1.82) is 0 Å². The highest BCUT2D eigenvalue weighted by Crippen LogP contribution is 2.07. The van der Waals surface area contributed by atoms with E-state index < -0.39 is 0 Å². The van der Waals surface area contributed by atoms with Crippen LogP contribution in [0, 0.1) is 5.82 Å². The minimum atomic E-state index is -0.145. The predicted molar refractivity (Wildman–Crippen MR) is 98.0 cm³/mol. The number of nitrogens with one attached hydrogen (secondary N) is 2. The summed E-state index contributed by atoms with van der Waals surface area (Å²) in [5, 5.41) is 6.56. The number of nitrogens with zero attached hydrogens (tertiary/aromatic N) is 3. The lowest BCUT2D eigenvalue weighted by Crippen LogP contribution is -2.51. The van der Waals surface area contributed by atoms with Crippen LogP contribution in [0.15, 0.2) is 29.3 Å². The van der Waals surface area contributed by atoms with Crippen molar-refractivity contribution in [2.24, 2.45) is 4.99 Å². The minimum Gasteiger partial charge on any atom is -0.357 e. The highest BCUT2D eigenvalue weighted by Gasteiger charge is 2.21. The van der Waals surface area contributed by atoms with Gasteiger partial charge in [-0.3, -0.25) is 9.89 Å². The molecule has 0 aromatic heterocycles. The number of hydrogen-bond acceptors (Lipinski definition) is 3. The molecule has 1 heterocycles. The molecule has 0 radical (unpaired) electrons. The number of benzene rings is 1. The quantitative estimate of drug-likeness (QED) is 0.605. The lowest BCUT2D eigenvalue weighted by atomic mass is 10.1. The summed E-state index contributed by atoms with van der Waals surface area (Å²) in [5.41, 5.74) is 0.731. The molecule has 5 nitrogen and oxygen atoms in total. The summed E-state index contributed by atoms with van der Waals surface area (Å²) in [6.45, 7) is 7.50. The molecule has 1 fully saturated rings. The second kappa shape index (κ2) is 9.59. The smallest absolute Gasteiger partial charge is 0.191 e. The zero-order valence-electron chi connectivity index (χ0n) is 15.1. The van der Waals surface area contributed by atoms with Crippen molar-refractivity contribution in [2.75, 3.05) is 53.4 Å². The first-order valence-corrected chi connectivity index (χ1v) is 8.74. The van der Waals surface area contributed by atoms with Gasteiger partial charge < -0.3 is 15.5 Å². The van der Waals surface area contributed by atoms with Crippen LogP contribution in [0.4, 0.5) is 4.39 Å². The molecule has 1 aliphatic heterocycles. The third kappa shape index (κ3) is 5.76. The first-order valence-electron chi connectivity index (χ1n) is 8.74. The highest BCUT2D eigenvalue weighted by molar-refractivity contribution is 5.79. The monoisotopic (exact) mass is 335 g/mol. The SMILES string of the molecule is CCNC(=NCC1CN(C)CCN1C)NCCc1ccccc1F. The van der Waals surface area contributed by atoms with Gasteiger partial charge in [0.05, 0.1) is 6.54 Å². The van der Waals surface area contributed by atoms with Crippen LogP contribution in [0.3, 0.4) is 0 Å². The normalized spacial score (nSPS) is 20.2. The van der Waals surface area contributed by atoms with E-state index in [0.29, 0.717) is 19.0 Å². The van der Waals surface area contributed by atoms with Gasteiger partial charge in [-0.2, -0.15) is 0 Å². The van der Waals surface area contributed by atoms with E-state index in [2.05, 4.69) is 41.5 Å². The molecule has 6 heteroatoms. The first-order chi connectivity index (χ1) is 11.6. The van der Waals surface area contributed by atoms with Crippen LogP contribution < -0.4 is 10.6 Å². The summed E-state index contributed by atoms with van der Waals surface area (Å²) in [5.74, 6) is 0.656. The van der Waals surface area contributed by atoms with E-state index >= 15 is 0 Å². The predicted octanol–water partition coefficient (Wildman–Crippen LogP) is 1.17. The van der Waals surface area contributed by atoms with Gasteiger partial charge in [0.15, 0.2) is 5.96 Å². The molecule has 0 amide bonds. The van der Waals surface area contributed by atoms with Crippen molar-refractivity contribution in [1.82, 2.24) is 20.4 Å². The molecule has 1 unspecified atom stereocenters. The van der Waals surface area contributed by atoms with E-state index in [0.717, 1.165) is 44.2 Å². The Morgan fingerprint density at radius 3 is 2.79 bits per heavy atom. The molecule has 0 aliphatic carbocycles. The molecule has 2 N–H and O–H groups in total. The summed E-state index contributed by atoms with van der Waals surface area (Å²) < 4.78 is 13.6. The molecule has 0 bridgehead atoms. The molecule has 134 valence electrons. The Morgan fingerprint density at radius 1 is 1.25 bits per heavy atom. The van der Waals surface area contributed by atoms with E-state index in [-0.39, 0.29) is 5.82 Å². The number of halogens is 1. The molecule has 2 rings (SSSR count). The van der Waals surface area contributed by atoms with Crippen LogP contribution in [0.2, 0.25) is 0 Å². The Bertz CT molecular complexity index is 534. The van der Waals surface area contributed by atoms with E-state index in [9.17, 15) is 4.39 Å². The molecule has 0 spiro atoms. The largest absolute Gasteiger partial charge is 0.357 e. The fourth-order valence-corrected chi connectivity index (χ4v) is 2.85. The summed E-state index contributed by atoms with van der Waals surface area (Å²) in [4.78, 5) is 9.42. The third-order valence-corrected chi connectivity index (χ3v) is 4.43. The van der Waals surface area contributed by atoms with Gasteiger partial charge in [-0.1, -0.05) is 18.2 Å². The first kappa shape index (κ1) is 18.7. The number of hydrogen-bond donors (Lipinski definition) is 2. The van der Waals surface area contributed by atoms with Gasteiger partial charge in [0.1, 0.15) is 5.82 Å². The van der Waals surface area contributed by atoms with Crippen LogP contribution in [0.25, 0.3) is 0 Å². The maximum absolute atomic E-state index is 13.6. The number of guanidine groups is 1. The Hall–Kier alpha value is -1.66. The standard InChI is InChI=1S/C18H30FN5/c1-4-20-18(21-10-9-15-7-5-6-8-17(15)19)22-13-16-14-23(2)11-12-24(16)3/h5-8,16H,4,9-14H2,1-3H3,(H2,20,21,22). The fourth-order valence-electron chi connectivity index (χ4n) is 2.85. The Kier molecular flexibility index (Phi) is 7.46. The molecule has 0 saturated carbocycles. The van der Waals surface area contributed by atoms with E-state index in [1.165, 1.54) is 6.07 Å². The number of rotatable bonds is 6. The summed E-state index contributed by atoms with van der Waals surface area (Å²) in [6, 6.07) is 7.35. The molecule has 1 aromatic carbocycles. The van der Waals surface area contributed by atoms with Gasteiger partial charge in [-0.05, 0) is 39.1 Å². The highest BCUT2D eigenvalue weighted by atomic mass is 19.1. The maximum Gasteiger partial charge on any atom is 0.191 e. The van der Waals surface area contributed by atoms with Crippen LogP contribution in [0.5, 0.6) is 0 Å². The molecule has 24 heavy (non-hydrogen) atoms. The molecule has 1 aliphatic rings. The van der Waals surface area contributed by atoms with Crippen molar-refractivity contribution in [3.05, 3.63) is 35.6 Å². The van der Waals surface area contributed by atoms with Gasteiger partial charge in [-0.25, -0.2) is 4.39 Å². The van der Waals surface area contributed by atoms with E-state index in [4.69, 9.17) is 4.99 Å². The number of piperazine rings is 1. The lowest BCUT2D eigenvalue weighted by Gasteiger charge is -2.36. The second-order valence-electron chi connectivity index (χ2n) is 6.38. The van der Waals surface area contributed by atoms with Gasteiger partial charge in [0.2, 0.25) is 0 Å². The topological polar surface area (TPSA) is 42.9 Å². The van der Waals surface area contributed by atoms with Gasteiger partial charge >= 0.3 is 0 Å². The fraction of sp³-hybridized carbons (Fsp3) is 0.611. The Labute approximate surface area is 144 Å². The average molecular weight is 335 g/mol.